The van der Waals surface area contributed by atoms with Crippen molar-refractivity contribution in [3.05, 3.63) is 29.8 Å². The maximum Gasteiger partial charge on any atom is 0.308 e. The molecule has 1 fully saturated rings. The summed E-state index contributed by atoms with van der Waals surface area (Å²) in [5.41, 5.74) is 1.27. The number of carbonyl (C=O) groups is 1. The Morgan fingerprint density at radius 3 is 2.67 bits per heavy atom. The summed E-state index contributed by atoms with van der Waals surface area (Å²) in [7, 11) is 0. The number of hydrogen-bond acceptors (Lipinski definition) is 3. The van der Waals surface area contributed by atoms with E-state index in [0.29, 0.717) is 11.8 Å². The zero-order valence-electron chi connectivity index (χ0n) is 8.82. The van der Waals surface area contributed by atoms with Crippen LogP contribution in [0.2, 0.25) is 0 Å². The Kier molecular flexibility index (Phi) is 3.02. The van der Waals surface area contributed by atoms with E-state index in [1.54, 1.807) is 0 Å². The number of carbonyl (C=O) groups excluding carboxylic acids is 1. The fourth-order valence-corrected chi connectivity index (χ4v) is 1.90. The summed E-state index contributed by atoms with van der Waals surface area (Å²) in [4.78, 5) is 10.7. The minimum atomic E-state index is -0.276. The van der Waals surface area contributed by atoms with Crippen molar-refractivity contribution in [3.8, 4) is 5.75 Å². The van der Waals surface area contributed by atoms with Gasteiger partial charge in [-0.1, -0.05) is 12.1 Å². The molecule has 0 aliphatic carbocycles. The quantitative estimate of drug-likeness (QED) is 0.593. The van der Waals surface area contributed by atoms with Crippen molar-refractivity contribution in [2.45, 2.75) is 25.8 Å². The number of benzene rings is 1. The van der Waals surface area contributed by atoms with E-state index in [9.17, 15) is 4.79 Å². The van der Waals surface area contributed by atoms with Crippen LogP contribution < -0.4 is 10.1 Å². The molecule has 1 saturated heterocycles. The van der Waals surface area contributed by atoms with Crippen LogP contribution in [0.25, 0.3) is 0 Å². The van der Waals surface area contributed by atoms with Crippen molar-refractivity contribution in [1.82, 2.24) is 5.32 Å². The lowest BCUT2D eigenvalue weighted by molar-refractivity contribution is -0.131. The van der Waals surface area contributed by atoms with Gasteiger partial charge in [-0.3, -0.25) is 4.79 Å². The van der Waals surface area contributed by atoms with Crippen LogP contribution in [0.1, 0.15) is 31.4 Å². The summed E-state index contributed by atoms with van der Waals surface area (Å²) >= 11 is 0. The van der Waals surface area contributed by atoms with E-state index in [1.807, 2.05) is 24.3 Å². The number of ether oxygens (including phenoxy) is 1. The lowest BCUT2D eigenvalue weighted by atomic mass is 10.1. The molecule has 1 aliphatic heterocycles. The molecule has 80 valence electrons. The zero-order valence-corrected chi connectivity index (χ0v) is 8.82. The van der Waals surface area contributed by atoms with E-state index in [1.165, 1.54) is 25.3 Å². The highest BCUT2D eigenvalue weighted by atomic mass is 16.5. The predicted octanol–water partition coefficient (Wildman–Crippen LogP) is 2.04. The fraction of sp³-hybridized carbons (Fsp3) is 0.417. The van der Waals surface area contributed by atoms with E-state index < -0.39 is 0 Å². The van der Waals surface area contributed by atoms with Crippen LogP contribution in [-0.2, 0) is 4.79 Å². The summed E-state index contributed by atoms with van der Waals surface area (Å²) in [5.74, 6) is 0.339. The summed E-state index contributed by atoms with van der Waals surface area (Å²) in [6.07, 6.45) is 2.42. The highest BCUT2D eigenvalue weighted by Crippen LogP contribution is 2.24. The van der Waals surface area contributed by atoms with Gasteiger partial charge in [-0.2, -0.15) is 0 Å². The Morgan fingerprint density at radius 1 is 1.40 bits per heavy atom. The second kappa shape index (κ2) is 4.45. The van der Waals surface area contributed by atoms with Gasteiger partial charge in [0.25, 0.3) is 0 Å². The van der Waals surface area contributed by atoms with E-state index in [0.717, 1.165) is 6.54 Å². The molecule has 0 unspecified atom stereocenters. The second-order valence-electron chi connectivity index (χ2n) is 3.81. The minimum Gasteiger partial charge on any atom is -0.427 e. The molecule has 0 saturated carbocycles. The molecule has 15 heavy (non-hydrogen) atoms. The van der Waals surface area contributed by atoms with Crippen LogP contribution >= 0.6 is 0 Å². The third kappa shape index (κ3) is 2.57. The molecule has 0 amide bonds. The maximum absolute atomic E-state index is 10.7. The maximum atomic E-state index is 10.7. The molecule has 3 nitrogen and oxygen atoms in total. The monoisotopic (exact) mass is 205 g/mol. The number of esters is 1. The van der Waals surface area contributed by atoms with Gasteiger partial charge in [0.2, 0.25) is 0 Å². The van der Waals surface area contributed by atoms with Gasteiger partial charge in [0.05, 0.1) is 0 Å². The van der Waals surface area contributed by atoms with Crippen LogP contribution in [0.15, 0.2) is 24.3 Å². The van der Waals surface area contributed by atoms with Gasteiger partial charge >= 0.3 is 5.97 Å². The van der Waals surface area contributed by atoms with Crippen molar-refractivity contribution < 1.29 is 9.53 Å². The molecule has 0 spiro atoms. The SMILES string of the molecule is CC(=O)Oc1ccc([C@H]2CCCN2)cc1. The van der Waals surface area contributed by atoms with Gasteiger partial charge < -0.3 is 10.1 Å². The molecule has 1 atom stereocenters. The third-order valence-corrected chi connectivity index (χ3v) is 2.60. The van der Waals surface area contributed by atoms with Crippen molar-refractivity contribution in [3.63, 3.8) is 0 Å². The van der Waals surface area contributed by atoms with E-state index >= 15 is 0 Å². The normalized spacial score (nSPS) is 20.2. The Bertz CT molecular complexity index is 339. The molecule has 0 aromatic heterocycles. The van der Waals surface area contributed by atoms with Crippen molar-refractivity contribution >= 4 is 5.97 Å². The number of hydrogen-bond donors (Lipinski definition) is 1. The van der Waals surface area contributed by atoms with E-state index in [4.69, 9.17) is 4.74 Å². The summed E-state index contributed by atoms with van der Waals surface area (Å²) in [6, 6.07) is 8.19. The van der Waals surface area contributed by atoms with E-state index in [-0.39, 0.29) is 5.97 Å². The molecule has 1 aromatic rings. The van der Waals surface area contributed by atoms with Gasteiger partial charge in [-0.25, -0.2) is 0 Å². The van der Waals surface area contributed by atoms with Crippen LogP contribution in [0, 0.1) is 0 Å². The van der Waals surface area contributed by atoms with Crippen molar-refractivity contribution in [2.75, 3.05) is 6.54 Å². The van der Waals surface area contributed by atoms with Gasteiger partial charge in [0.15, 0.2) is 0 Å². The molecule has 1 aromatic carbocycles. The fourth-order valence-electron chi connectivity index (χ4n) is 1.90. The second-order valence-corrected chi connectivity index (χ2v) is 3.81. The Morgan fingerprint density at radius 2 is 2.13 bits per heavy atom. The molecule has 1 aliphatic rings. The highest BCUT2D eigenvalue weighted by Gasteiger charge is 2.15. The smallest absolute Gasteiger partial charge is 0.308 e. The molecular formula is C12H15NO2. The number of rotatable bonds is 2. The first kappa shape index (κ1) is 10.2. The predicted molar refractivity (Wildman–Crippen MR) is 57.7 cm³/mol. The third-order valence-electron chi connectivity index (χ3n) is 2.60. The molecule has 1 N–H and O–H groups in total. The molecule has 2 rings (SSSR count). The van der Waals surface area contributed by atoms with Gasteiger partial charge in [-0.15, -0.1) is 0 Å². The van der Waals surface area contributed by atoms with Crippen molar-refractivity contribution in [2.24, 2.45) is 0 Å². The largest absolute Gasteiger partial charge is 0.427 e. The zero-order chi connectivity index (χ0) is 10.7. The average Bonchev–Trinajstić information content (AvgIpc) is 2.71. The summed E-state index contributed by atoms with van der Waals surface area (Å²) < 4.78 is 4.97. The Labute approximate surface area is 89.4 Å². The number of nitrogens with one attached hydrogen (secondary N) is 1. The standard InChI is InChI=1S/C12H15NO2/c1-9(14)15-11-6-4-10(5-7-11)12-3-2-8-13-12/h4-7,12-13H,2-3,8H2,1H3/t12-/m1/s1. The Hall–Kier alpha value is -1.35. The van der Waals surface area contributed by atoms with Crippen molar-refractivity contribution in [1.29, 1.82) is 0 Å². The lowest BCUT2D eigenvalue weighted by Gasteiger charge is -2.10. The van der Waals surface area contributed by atoms with Crippen LogP contribution in [0.3, 0.4) is 0 Å². The van der Waals surface area contributed by atoms with Gasteiger partial charge in [-0.05, 0) is 37.1 Å². The summed E-state index contributed by atoms with van der Waals surface area (Å²) in [6.45, 7) is 2.50. The minimum absolute atomic E-state index is 0.276. The molecular weight excluding hydrogens is 190 g/mol. The topological polar surface area (TPSA) is 38.3 Å². The lowest BCUT2D eigenvalue weighted by Crippen LogP contribution is -2.12. The average molecular weight is 205 g/mol. The van der Waals surface area contributed by atoms with Gasteiger partial charge in [0.1, 0.15) is 5.75 Å². The molecule has 1 heterocycles. The Balaban J connectivity index is 2.06. The highest BCUT2D eigenvalue weighted by molar-refractivity contribution is 5.69. The van der Waals surface area contributed by atoms with Crippen LogP contribution in [-0.4, -0.2) is 12.5 Å². The van der Waals surface area contributed by atoms with Gasteiger partial charge in [0, 0.05) is 13.0 Å². The summed E-state index contributed by atoms with van der Waals surface area (Å²) in [5, 5.41) is 3.43. The first-order valence-corrected chi connectivity index (χ1v) is 5.27. The molecule has 0 radical (unpaired) electrons. The molecule has 3 heteroatoms. The first-order chi connectivity index (χ1) is 7.25. The molecule has 0 bridgehead atoms. The van der Waals surface area contributed by atoms with Crippen LogP contribution in [0.5, 0.6) is 5.75 Å². The van der Waals surface area contributed by atoms with E-state index in [2.05, 4.69) is 5.32 Å². The van der Waals surface area contributed by atoms with Crippen LogP contribution in [0.4, 0.5) is 0 Å². The first-order valence-electron chi connectivity index (χ1n) is 5.27.